The lowest BCUT2D eigenvalue weighted by atomic mass is 10.1. The summed E-state index contributed by atoms with van der Waals surface area (Å²) in [5, 5.41) is 0.816. The zero-order valence-corrected chi connectivity index (χ0v) is 19.5. The predicted octanol–water partition coefficient (Wildman–Crippen LogP) is 3.94. The Hall–Kier alpha value is -3.33. The molecule has 3 aromatic rings. The van der Waals surface area contributed by atoms with Gasteiger partial charge in [0.25, 0.3) is 0 Å². The normalized spacial score (nSPS) is 12.1. The van der Waals surface area contributed by atoms with Crippen LogP contribution >= 0.6 is 0 Å². The maximum Gasteiger partial charge on any atom is 0.485 e. The number of benzene rings is 1. The largest absolute Gasteiger partial charge is 0.741 e. The van der Waals surface area contributed by atoms with Gasteiger partial charge in [0.05, 0.1) is 19.8 Å². The fourth-order valence-corrected chi connectivity index (χ4v) is 2.88. The summed E-state index contributed by atoms with van der Waals surface area (Å²) in [6, 6.07) is 8.87. The molecule has 0 N–H and O–H groups in total. The molecule has 0 radical (unpaired) electrons. The van der Waals surface area contributed by atoms with Crippen molar-refractivity contribution in [2.45, 2.75) is 31.6 Å². The molecule has 0 saturated carbocycles. The SMILES string of the molecule is COc1ccc(C(F)(F)F)c[n+]1CCCOc1ccc2c(C)cc(=O)oc2c1.O=S(=O)([O-])C(F)(F)F. The van der Waals surface area contributed by atoms with Crippen LogP contribution in [0.3, 0.4) is 0 Å². The average molecular weight is 543 g/mol. The van der Waals surface area contributed by atoms with Gasteiger partial charge in [-0.1, -0.05) is 0 Å². The van der Waals surface area contributed by atoms with Crippen LogP contribution in [-0.4, -0.2) is 32.2 Å². The Balaban J connectivity index is 0.000000493. The van der Waals surface area contributed by atoms with E-state index >= 15 is 0 Å². The first-order chi connectivity index (χ1) is 16.5. The number of aromatic nitrogens is 1. The number of halogens is 6. The molecule has 3 rings (SSSR count). The molecule has 0 fully saturated rings. The van der Waals surface area contributed by atoms with Gasteiger partial charge in [-0.05, 0) is 30.7 Å². The number of pyridine rings is 1. The highest BCUT2D eigenvalue weighted by Crippen LogP contribution is 2.29. The monoisotopic (exact) mass is 543 g/mol. The summed E-state index contributed by atoms with van der Waals surface area (Å²) < 4.78 is 115. The average Bonchev–Trinajstić information content (AvgIpc) is 2.74. The molecule has 0 aliphatic carbocycles. The minimum Gasteiger partial charge on any atom is -0.741 e. The van der Waals surface area contributed by atoms with Gasteiger partial charge in [-0.25, -0.2) is 13.2 Å². The molecule has 8 nitrogen and oxygen atoms in total. The van der Waals surface area contributed by atoms with E-state index < -0.39 is 33.0 Å². The second kappa shape index (κ2) is 11.2. The quantitative estimate of drug-likeness (QED) is 0.116. The number of methoxy groups -OCH3 is 1. The first-order valence-electron chi connectivity index (χ1n) is 9.87. The van der Waals surface area contributed by atoms with Crippen molar-refractivity contribution in [2.75, 3.05) is 13.7 Å². The fraction of sp³-hybridized carbons (Fsp3) is 0.333. The summed E-state index contributed by atoms with van der Waals surface area (Å²) in [5.41, 5.74) is -5.58. The third-order valence-electron chi connectivity index (χ3n) is 4.54. The minimum absolute atomic E-state index is 0.272. The van der Waals surface area contributed by atoms with Gasteiger partial charge < -0.3 is 18.4 Å². The molecule has 0 amide bonds. The molecular weight excluding hydrogens is 524 g/mol. The van der Waals surface area contributed by atoms with Crippen molar-refractivity contribution in [1.82, 2.24) is 0 Å². The molecule has 0 spiro atoms. The second-order valence-corrected chi connectivity index (χ2v) is 8.53. The van der Waals surface area contributed by atoms with Gasteiger partial charge in [-0.3, -0.25) is 0 Å². The molecule has 0 unspecified atom stereocenters. The van der Waals surface area contributed by atoms with Crippen LogP contribution in [0.15, 0.2) is 51.8 Å². The van der Waals surface area contributed by atoms with Gasteiger partial charge in [0.1, 0.15) is 16.9 Å². The lowest BCUT2D eigenvalue weighted by Gasteiger charge is -2.09. The lowest BCUT2D eigenvalue weighted by molar-refractivity contribution is -0.702. The number of alkyl halides is 6. The summed E-state index contributed by atoms with van der Waals surface area (Å²) in [5.74, 6) is 0.846. The number of nitrogens with zero attached hydrogens (tertiary/aromatic N) is 1. The number of aryl methyl sites for hydroxylation is 2. The highest BCUT2D eigenvalue weighted by atomic mass is 32.2. The Bertz CT molecular complexity index is 1370. The summed E-state index contributed by atoms with van der Waals surface area (Å²) in [6.07, 6.45) is -2.94. The Labute approximate surface area is 200 Å². The minimum atomic E-state index is -6.09. The van der Waals surface area contributed by atoms with Crippen LogP contribution < -0.4 is 19.7 Å². The van der Waals surface area contributed by atoms with Crippen molar-refractivity contribution < 1.29 is 57.8 Å². The maximum absolute atomic E-state index is 12.9. The number of rotatable bonds is 6. The number of fused-ring (bicyclic) bond motifs is 1. The van der Waals surface area contributed by atoms with Gasteiger partial charge in [-0.2, -0.15) is 30.9 Å². The fourth-order valence-electron chi connectivity index (χ4n) is 2.88. The Morgan fingerprint density at radius 3 is 2.25 bits per heavy atom. The molecule has 1 aromatic carbocycles. The molecule has 0 bridgehead atoms. The molecule has 2 heterocycles. The van der Waals surface area contributed by atoms with E-state index in [4.69, 9.17) is 26.9 Å². The van der Waals surface area contributed by atoms with Crippen LogP contribution in [0.1, 0.15) is 17.5 Å². The maximum atomic E-state index is 12.9. The number of ether oxygens (including phenoxy) is 2. The highest BCUT2D eigenvalue weighted by molar-refractivity contribution is 7.86. The molecule has 0 aliphatic heterocycles. The molecule has 15 heteroatoms. The number of hydrogen-bond donors (Lipinski definition) is 0. The van der Waals surface area contributed by atoms with Crippen LogP contribution in [0.2, 0.25) is 0 Å². The Kier molecular flexibility index (Phi) is 8.96. The van der Waals surface area contributed by atoms with E-state index in [0.29, 0.717) is 23.6 Å². The third kappa shape index (κ3) is 7.84. The molecule has 0 aliphatic rings. The zero-order chi connectivity index (χ0) is 27.3. The molecular formula is C21H19F6NO7S. The van der Waals surface area contributed by atoms with Crippen molar-refractivity contribution in [3.05, 3.63) is 64.1 Å². The van der Waals surface area contributed by atoms with E-state index in [9.17, 15) is 31.1 Å². The predicted molar refractivity (Wildman–Crippen MR) is 111 cm³/mol. The van der Waals surface area contributed by atoms with E-state index in [1.54, 1.807) is 18.2 Å². The third-order valence-corrected chi connectivity index (χ3v) is 5.11. The van der Waals surface area contributed by atoms with E-state index in [1.807, 2.05) is 6.92 Å². The van der Waals surface area contributed by atoms with Crippen molar-refractivity contribution in [3.63, 3.8) is 0 Å². The zero-order valence-electron chi connectivity index (χ0n) is 18.6. The molecule has 0 saturated heterocycles. The molecule has 2 aromatic heterocycles. The van der Waals surface area contributed by atoms with Crippen molar-refractivity contribution in [1.29, 1.82) is 0 Å². The van der Waals surface area contributed by atoms with Crippen LogP contribution in [0.4, 0.5) is 26.3 Å². The van der Waals surface area contributed by atoms with Gasteiger partial charge >= 0.3 is 23.2 Å². The first kappa shape index (κ1) is 28.9. The second-order valence-electron chi connectivity index (χ2n) is 7.16. The first-order valence-corrected chi connectivity index (χ1v) is 11.3. The number of hydrogen-bond acceptors (Lipinski definition) is 7. The van der Waals surface area contributed by atoms with Gasteiger partial charge in [-0.15, -0.1) is 0 Å². The highest BCUT2D eigenvalue weighted by Gasteiger charge is 2.37. The Morgan fingerprint density at radius 2 is 1.69 bits per heavy atom. The smallest absolute Gasteiger partial charge is 0.485 e. The van der Waals surface area contributed by atoms with E-state index in [0.717, 1.165) is 23.2 Å². The standard InChI is InChI=1S/C20H19F3NO4.CHF3O3S/c1-13-10-19(25)28-17-11-15(5-6-16(13)17)27-9-3-8-24-12-14(20(21,22)23)4-7-18(24)26-2;2-1(3,4)8(5,6)7/h4-7,10-12H,3,8-9H2,1-2H3;(H,5,6,7)/q+1;/p-1. The van der Waals surface area contributed by atoms with Crippen LogP contribution in [0, 0.1) is 6.92 Å². The van der Waals surface area contributed by atoms with E-state index in [-0.39, 0.29) is 13.2 Å². The summed E-state index contributed by atoms with van der Waals surface area (Å²) >= 11 is 0. The van der Waals surface area contributed by atoms with Crippen molar-refractivity contribution in [2.24, 2.45) is 0 Å². The van der Waals surface area contributed by atoms with Crippen LogP contribution in [-0.2, 0) is 22.8 Å². The van der Waals surface area contributed by atoms with Crippen molar-refractivity contribution in [3.8, 4) is 11.6 Å². The van der Waals surface area contributed by atoms with Crippen LogP contribution in [0.5, 0.6) is 11.6 Å². The molecule has 198 valence electrons. The topological polar surface area (TPSA) is 110 Å². The van der Waals surface area contributed by atoms with E-state index in [1.165, 1.54) is 23.8 Å². The lowest BCUT2D eigenvalue weighted by Crippen LogP contribution is -2.37. The van der Waals surface area contributed by atoms with Gasteiger partial charge in [0.2, 0.25) is 0 Å². The van der Waals surface area contributed by atoms with Gasteiger partial charge in [0.15, 0.2) is 22.9 Å². The summed E-state index contributed by atoms with van der Waals surface area (Å²) in [4.78, 5) is 11.5. The summed E-state index contributed by atoms with van der Waals surface area (Å²) in [7, 11) is -4.69. The molecule has 36 heavy (non-hydrogen) atoms. The van der Waals surface area contributed by atoms with Crippen molar-refractivity contribution >= 4 is 21.1 Å². The van der Waals surface area contributed by atoms with Crippen LogP contribution in [0.25, 0.3) is 11.0 Å². The Morgan fingerprint density at radius 1 is 1.06 bits per heavy atom. The van der Waals surface area contributed by atoms with Gasteiger partial charge in [0, 0.05) is 23.9 Å². The van der Waals surface area contributed by atoms with E-state index in [2.05, 4.69) is 0 Å². The molecule has 0 atom stereocenters. The summed E-state index contributed by atoms with van der Waals surface area (Å²) in [6.45, 7) is 2.38.